The number of benzene rings is 2. The van der Waals surface area contributed by atoms with Crippen LogP contribution in [0.4, 0.5) is 8.78 Å². The Morgan fingerprint density at radius 2 is 1.85 bits per heavy atom. The summed E-state index contributed by atoms with van der Waals surface area (Å²) in [5.41, 5.74) is 0.877. The third-order valence-electron chi connectivity index (χ3n) is 4.14. The molecule has 0 N–H and O–H groups in total. The van der Waals surface area contributed by atoms with Crippen molar-refractivity contribution < 1.29 is 18.0 Å². The molecule has 0 aliphatic rings. The molecule has 0 radical (unpaired) electrons. The van der Waals surface area contributed by atoms with Gasteiger partial charge in [0.05, 0.1) is 10.8 Å². The van der Waals surface area contributed by atoms with Crippen LogP contribution in [0.2, 0.25) is 0 Å². The van der Waals surface area contributed by atoms with Gasteiger partial charge >= 0.3 is 0 Å². The average molecular weight is 388 g/mol. The van der Waals surface area contributed by atoms with E-state index in [1.807, 2.05) is 30.3 Å². The van der Waals surface area contributed by atoms with E-state index in [2.05, 4.69) is 17.1 Å². The van der Waals surface area contributed by atoms with Crippen LogP contribution < -0.4 is 0 Å². The fourth-order valence-corrected chi connectivity index (χ4v) is 3.41. The number of aromatic nitrogens is 2. The Morgan fingerprint density at radius 1 is 1.11 bits per heavy atom. The van der Waals surface area contributed by atoms with E-state index in [0.717, 1.165) is 35.5 Å². The molecule has 140 valence electrons. The summed E-state index contributed by atoms with van der Waals surface area (Å²) < 4.78 is 32.7. The first-order chi connectivity index (χ1) is 12.9. The minimum atomic E-state index is -0.753. The topological polar surface area (TPSA) is 56.0 Å². The van der Waals surface area contributed by atoms with Crippen molar-refractivity contribution in [3.05, 3.63) is 77.2 Å². The largest absolute Gasteiger partial charge is 0.416 e. The van der Waals surface area contributed by atoms with Gasteiger partial charge in [0, 0.05) is 6.42 Å². The maximum atomic E-state index is 13.8. The number of rotatable bonds is 7. The van der Waals surface area contributed by atoms with Gasteiger partial charge in [-0.25, -0.2) is 8.78 Å². The van der Waals surface area contributed by atoms with Crippen molar-refractivity contribution in [2.24, 2.45) is 0 Å². The van der Waals surface area contributed by atoms with Gasteiger partial charge in [-0.1, -0.05) is 49.0 Å². The molecule has 2 unspecified atom stereocenters. The second-order valence-electron chi connectivity index (χ2n) is 6.23. The molecular weight excluding hydrogens is 370 g/mol. The Bertz CT molecular complexity index is 931. The summed E-state index contributed by atoms with van der Waals surface area (Å²) in [5.74, 6) is -1.28. The molecule has 0 fully saturated rings. The summed E-state index contributed by atoms with van der Waals surface area (Å²) >= 11 is 1.03. The molecule has 0 aliphatic carbocycles. The SMILES string of the molecule is CC(Sc1nnc(CC(C)c2ccccc2)o1)C(=O)c1cc(F)ccc1F. The molecule has 4 nitrogen and oxygen atoms in total. The highest BCUT2D eigenvalue weighted by molar-refractivity contribution is 8.00. The molecule has 0 spiro atoms. The predicted molar refractivity (Wildman–Crippen MR) is 98.9 cm³/mol. The third-order valence-corrected chi connectivity index (χ3v) is 5.07. The van der Waals surface area contributed by atoms with E-state index in [4.69, 9.17) is 4.42 Å². The molecule has 0 aliphatic heterocycles. The lowest BCUT2D eigenvalue weighted by molar-refractivity contribution is 0.0989. The maximum Gasteiger partial charge on any atom is 0.277 e. The molecule has 3 aromatic rings. The van der Waals surface area contributed by atoms with Crippen LogP contribution in [0.25, 0.3) is 0 Å². The maximum absolute atomic E-state index is 13.8. The highest BCUT2D eigenvalue weighted by Gasteiger charge is 2.23. The van der Waals surface area contributed by atoms with E-state index < -0.39 is 22.7 Å². The van der Waals surface area contributed by atoms with Gasteiger partial charge in [0.2, 0.25) is 5.89 Å². The van der Waals surface area contributed by atoms with Crippen LogP contribution in [-0.4, -0.2) is 21.2 Å². The van der Waals surface area contributed by atoms with Crippen LogP contribution >= 0.6 is 11.8 Å². The molecule has 7 heteroatoms. The first-order valence-electron chi connectivity index (χ1n) is 8.47. The van der Waals surface area contributed by atoms with E-state index in [-0.39, 0.29) is 16.7 Å². The number of carbonyl (C=O) groups excluding carboxylic acids is 1. The minimum absolute atomic E-state index is 0.199. The molecule has 0 bridgehead atoms. The molecule has 3 rings (SSSR count). The number of halogens is 2. The Hall–Kier alpha value is -2.54. The summed E-state index contributed by atoms with van der Waals surface area (Å²) in [6, 6.07) is 12.8. The molecule has 27 heavy (non-hydrogen) atoms. The van der Waals surface area contributed by atoms with Crippen LogP contribution in [-0.2, 0) is 6.42 Å². The Kier molecular flexibility index (Phi) is 6.01. The van der Waals surface area contributed by atoms with Crippen molar-refractivity contribution in [2.75, 3.05) is 0 Å². The zero-order chi connectivity index (χ0) is 19.4. The van der Waals surface area contributed by atoms with Crippen LogP contribution in [0.1, 0.15) is 41.6 Å². The zero-order valence-corrected chi connectivity index (χ0v) is 15.7. The lowest BCUT2D eigenvalue weighted by Gasteiger charge is -2.09. The first kappa shape index (κ1) is 19.2. The van der Waals surface area contributed by atoms with Crippen molar-refractivity contribution in [3.63, 3.8) is 0 Å². The van der Waals surface area contributed by atoms with Crippen LogP contribution in [0.5, 0.6) is 0 Å². The highest BCUT2D eigenvalue weighted by Crippen LogP contribution is 2.27. The number of nitrogens with zero attached hydrogens (tertiary/aromatic N) is 2. The van der Waals surface area contributed by atoms with Gasteiger partial charge in [-0.2, -0.15) is 0 Å². The molecular formula is C20H18F2N2O2S. The predicted octanol–water partition coefficient (Wildman–Crippen LogP) is 5.06. The molecule has 0 amide bonds. The van der Waals surface area contributed by atoms with E-state index in [9.17, 15) is 13.6 Å². The van der Waals surface area contributed by atoms with Gasteiger partial charge in [0.25, 0.3) is 5.22 Å². The van der Waals surface area contributed by atoms with Gasteiger partial charge in [-0.05, 0) is 36.6 Å². The monoisotopic (exact) mass is 388 g/mol. The van der Waals surface area contributed by atoms with Crippen LogP contribution in [0.3, 0.4) is 0 Å². The Balaban J connectivity index is 1.65. The standard InChI is InChI=1S/C20H18F2N2O2S/c1-12(14-6-4-3-5-7-14)10-18-23-24-20(26-18)27-13(2)19(25)16-11-15(21)8-9-17(16)22/h3-9,11-13H,10H2,1-2H3. The summed E-state index contributed by atoms with van der Waals surface area (Å²) in [6.07, 6.45) is 0.568. The van der Waals surface area contributed by atoms with Crippen molar-refractivity contribution in [1.82, 2.24) is 10.2 Å². The molecule has 1 heterocycles. The zero-order valence-electron chi connectivity index (χ0n) is 14.9. The Morgan fingerprint density at radius 3 is 2.59 bits per heavy atom. The Labute approximate surface area is 160 Å². The summed E-state index contributed by atoms with van der Waals surface area (Å²) in [5, 5.41) is 7.49. The molecule has 0 saturated heterocycles. The van der Waals surface area contributed by atoms with Gasteiger partial charge in [-0.3, -0.25) is 4.79 Å². The summed E-state index contributed by atoms with van der Waals surface area (Å²) in [6.45, 7) is 3.65. The normalized spacial score (nSPS) is 13.3. The van der Waals surface area contributed by atoms with Crippen molar-refractivity contribution in [3.8, 4) is 0 Å². The third kappa shape index (κ3) is 4.80. The fourth-order valence-electron chi connectivity index (χ4n) is 2.64. The van der Waals surface area contributed by atoms with Crippen LogP contribution in [0, 0.1) is 11.6 Å². The number of Topliss-reactive ketones (excluding diaryl/α,β-unsaturated/α-hetero) is 1. The van der Waals surface area contributed by atoms with E-state index in [0.29, 0.717) is 12.3 Å². The highest BCUT2D eigenvalue weighted by atomic mass is 32.2. The number of hydrogen-bond donors (Lipinski definition) is 0. The fraction of sp³-hybridized carbons (Fsp3) is 0.250. The quantitative estimate of drug-likeness (QED) is 0.418. The summed E-state index contributed by atoms with van der Waals surface area (Å²) in [7, 11) is 0. The van der Waals surface area contributed by atoms with E-state index in [1.54, 1.807) is 6.92 Å². The smallest absolute Gasteiger partial charge is 0.277 e. The first-order valence-corrected chi connectivity index (χ1v) is 9.35. The molecule has 1 aromatic heterocycles. The van der Waals surface area contributed by atoms with Gasteiger partial charge in [-0.15, -0.1) is 10.2 Å². The van der Waals surface area contributed by atoms with E-state index >= 15 is 0 Å². The second-order valence-corrected chi connectivity index (χ2v) is 7.52. The van der Waals surface area contributed by atoms with Crippen molar-refractivity contribution in [2.45, 2.75) is 36.7 Å². The molecule has 2 atom stereocenters. The molecule has 2 aromatic carbocycles. The lowest BCUT2D eigenvalue weighted by atomic mass is 9.98. The lowest BCUT2D eigenvalue weighted by Crippen LogP contribution is -2.15. The number of hydrogen-bond acceptors (Lipinski definition) is 5. The van der Waals surface area contributed by atoms with Crippen molar-refractivity contribution >= 4 is 17.5 Å². The molecule has 0 saturated carbocycles. The van der Waals surface area contributed by atoms with E-state index in [1.165, 1.54) is 0 Å². The van der Waals surface area contributed by atoms with Crippen LogP contribution in [0.15, 0.2) is 58.2 Å². The van der Waals surface area contributed by atoms with Gasteiger partial charge in [0.15, 0.2) is 5.78 Å². The number of ketones is 1. The number of thioether (sulfide) groups is 1. The summed E-state index contributed by atoms with van der Waals surface area (Å²) in [4.78, 5) is 12.4. The minimum Gasteiger partial charge on any atom is -0.416 e. The average Bonchev–Trinajstić information content (AvgIpc) is 3.10. The van der Waals surface area contributed by atoms with Crippen molar-refractivity contribution in [1.29, 1.82) is 0 Å². The second kappa shape index (κ2) is 8.43. The van der Waals surface area contributed by atoms with Gasteiger partial charge in [0.1, 0.15) is 11.6 Å². The number of carbonyl (C=O) groups is 1. The van der Waals surface area contributed by atoms with Gasteiger partial charge < -0.3 is 4.42 Å².